The van der Waals surface area contributed by atoms with E-state index in [0.717, 1.165) is 17.0 Å². The number of rotatable bonds is 7. The molecule has 2 aromatic carbocycles. The third kappa shape index (κ3) is 6.03. The molecule has 0 atom stereocenters. The maximum atomic E-state index is 5.76. The molecule has 0 radical (unpaired) electrons. The lowest BCUT2D eigenvalue weighted by atomic mass is 10.0. The molecule has 0 unspecified atom stereocenters. The maximum Gasteiger partial charge on any atom is 0.174 e. The van der Waals surface area contributed by atoms with Gasteiger partial charge >= 0.3 is 0 Å². The van der Waals surface area contributed by atoms with Gasteiger partial charge < -0.3 is 15.0 Å². The van der Waals surface area contributed by atoms with Crippen LogP contribution in [0.1, 0.15) is 36.5 Å². The average molecular weight is 406 g/mol. The van der Waals surface area contributed by atoms with Crippen molar-refractivity contribution in [2.45, 2.75) is 32.9 Å². The molecule has 1 N–H and O–H groups in total. The summed E-state index contributed by atoms with van der Waals surface area (Å²) in [6.45, 7) is 5.80. The van der Waals surface area contributed by atoms with Crippen LogP contribution >= 0.6 is 12.2 Å². The third-order valence-electron chi connectivity index (χ3n) is 4.72. The molecule has 4 nitrogen and oxygen atoms in total. The van der Waals surface area contributed by atoms with E-state index < -0.39 is 0 Å². The van der Waals surface area contributed by atoms with Crippen LogP contribution < -0.4 is 10.1 Å². The Morgan fingerprint density at radius 3 is 2.45 bits per heavy atom. The Labute approximate surface area is 178 Å². The number of ether oxygens (including phenoxy) is 1. The van der Waals surface area contributed by atoms with Gasteiger partial charge in [0.05, 0.1) is 7.11 Å². The molecule has 0 aliphatic heterocycles. The summed E-state index contributed by atoms with van der Waals surface area (Å²) < 4.78 is 5.31. The van der Waals surface area contributed by atoms with E-state index in [1.165, 1.54) is 11.1 Å². The molecule has 0 amide bonds. The lowest BCUT2D eigenvalue weighted by molar-refractivity contribution is 0.411. The zero-order valence-corrected chi connectivity index (χ0v) is 17.9. The van der Waals surface area contributed by atoms with Gasteiger partial charge in [0.15, 0.2) is 5.11 Å². The van der Waals surface area contributed by atoms with Crippen LogP contribution in [0.4, 0.5) is 5.69 Å². The molecule has 5 heteroatoms. The molecule has 0 spiro atoms. The molecule has 150 valence electrons. The number of benzene rings is 2. The van der Waals surface area contributed by atoms with Gasteiger partial charge in [-0.3, -0.25) is 4.98 Å². The summed E-state index contributed by atoms with van der Waals surface area (Å²) >= 11 is 5.76. The molecule has 0 saturated heterocycles. The van der Waals surface area contributed by atoms with E-state index in [-0.39, 0.29) is 0 Å². The molecular formula is C24H27N3OS. The minimum Gasteiger partial charge on any atom is -0.497 e. The normalized spacial score (nSPS) is 10.6. The highest BCUT2D eigenvalue weighted by Crippen LogP contribution is 2.20. The van der Waals surface area contributed by atoms with Crippen molar-refractivity contribution >= 4 is 23.0 Å². The molecule has 3 rings (SSSR count). The van der Waals surface area contributed by atoms with E-state index in [1.54, 1.807) is 13.3 Å². The molecule has 0 aliphatic rings. The van der Waals surface area contributed by atoms with Crippen LogP contribution in [-0.4, -0.2) is 22.1 Å². The summed E-state index contributed by atoms with van der Waals surface area (Å²) in [7, 11) is 1.66. The average Bonchev–Trinajstić information content (AvgIpc) is 2.74. The molecule has 0 aliphatic carbocycles. The second-order valence-electron chi connectivity index (χ2n) is 7.28. The Morgan fingerprint density at radius 1 is 1.03 bits per heavy atom. The van der Waals surface area contributed by atoms with E-state index >= 15 is 0 Å². The van der Waals surface area contributed by atoms with Gasteiger partial charge in [0.1, 0.15) is 5.75 Å². The molecule has 0 saturated carbocycles. The monoisotopic (exact) mass is 405 g/mol. The first-order valence-corrected chi connectivity index (χ1v) is 10.1. The van der Waals surface area contributed by atoms with Crippen LogP contribution in [0.2, 0.25) is 0 Å². The molecular weight excluding hydrogens is 378 g/mol. The Balaban J connectivity index is 1.78. The zero-order chi connectivity index (χ0) is 20.6. The first kappa shape index (κ1) is 20.8. The lowest BCUT2D eigenvalue weighted by Crippen LogP contribution is -2.33. The van der Waals surface area contributed by atoms with Crippen molar-refractivity contribution in [3.8, 4) is 5.75 Å². The molecule has 1 heterocycles. The maximum absolute atomic E-state index is 5.76. The number of hydrogen-bond acceptors (Lipinski definition) is 3. The van der Waals surface area contributed by atoms with Crippen molar-refractivity contribution in [3.63, 3.8) is 0 Å². The van der Waals surface area contributed by atoms with Gasteiger partial charge in [-0.05, 0) is 53.0 Å². The van der Waals surface area contributed by atoms with Crippen molar-refractivity contribution in [3.05, 3.63) is 89.7 Å². The second kappa shape index (κ2) is 10.0. The van der Waals surface area contributed by atoms with Crippen LogP contribution in [0.15, 0.2) is 73.1 Å². The summed E-state index contributed by atoms with van der Waals surface area (Å²) in [6, 6.07) is 20.5. The molecule has 0 bridgehead atoms. The van der Waals surface area contributed by atoms with Crippen molar-refractivity contribution in [2.75, 3.05) is 12.4 Å². The minimum absolute atomic E-state index is 0.520. The first-order chi connectivity index (χ1) is 14.0. The van der Waals surface area contributed by atoms with Crippen molar-refractivity contribution in [1.29, 1.82) is 0 Å². The lowest BCUT2D eigenvalue weighted by Gasteiger charge is -2.26. The summed E-state index contributed by atoms with van der Waals surface area (Å²) in [5, 5.41) is 4.01. The van der Waals surface area contributed by atoms with E-state index in [1.807, 2.05) is 36.5 Å². The molecule has 29 heavy (non-hydrogen) atoms. The Kier molecular flexibility index (Phi) is 7.19. The highest BCUT2D eigenvalue weighted by molar-refractivity contribution is 7.80. The van der Waals surface area contributed by atoms with Crippen molar-refractivity contribution < 1.29 is 4.74 Å². The topological polar surface area (TPSA) is 37.4 Å². The van der Waals surface area contributed by atoms with Gasteiger partial charge in [0, 0.05) is 37.2 Å². The van der Waals surface area contributed by atoms with Crippen LogP contribution in [0.3, 0.4) is 0 Å². The van der Waals surface area contributed by atoms with Crippen molar-refractivity contribution in [1.82, 2.24) is 9.88 Å². The van der Waals surface area contributed by atoms with E-state index in [2.05, 4.69) is 59.4 Å². The van der Waals surface area contributed by atoms with Crippen LogP contribution in [0.25, 0.3) is 0 Å². The fraction of sp³-hybridized carbons (Fsp3) is 0.250. The van der Waals surface area contributed by atoms with Gasteiger partial charge in [0.25, 0.3) is 0 Å². The van der Waals surface area contributed by atoms with Gasteiger partial charge in [0.2, 0.25) is 0 Å². The predicted octanol–water partition coefficient (Wildman–Crippen LogP) is 5.61. The number of anilines is 1. The highest BCUT2D eigenvalue weighted by Gasteiger charge is 2.13. The smallest absolute Gasteiger partial charge is 0.174 e. The first-order valence-electron chi connectivity index (χ1n) is 9.73. The van der Waals surface area contributed by atoms with Gasteiger partial charge in [-0.2, -0.15) is 0 Å². The highest BCUT2D eigenvalue weighted by atomic mass is 32.1. The fourth-order valence-electron chi connectivity index (χ4n) is 3.04. The van der Waals surface area contributed by atoms with E-state index in [0.29, 0.717) is 24.1 Å². The summed E-state index contributed by atoms with van der Waals surface area (Å²) in [5.41, 5.74) is 4.57. The SMILES string of the molecule is COc1cccc(NC(=S)N(Cc2ccc(C(C)C)cc2)Cc2cccnc2)c1. The van der Waals surface area contributed by atoms with Crippen LogP contribution in [0, 0.1) is 0 Å². The number of hydrogen-bond donors (Lipinski definition) is 1. The minimum atomic E-state index is 0.520. The van der Waals surface area contributed by atoms with Crippen LogP contribution in [-0.2, 0) is 13.1 Å². The van der Waals surface area contributed by atoms with Gasteiger partial charge in [-0.15, -0.1) is 0 Å². The second-order valence-corrected chi connectivity index (χ2v) is 7.66. The Morgan fingerprint density at radius 2 is 1.79 bits per heavy atom. The van der Waals surface area contributed by atoms with Gasteiger partial charge in [-0.1, -0.05) is 50.2 Å². The fourth-order valence-corrected chi connectivity index (χ4v) is 3.29. The largest absolute Gasteiger partial charge is 0.497 e. The number of aromatic nitrogens is 1. The van der Waals surface area contributed by atoms with Gasteiger partial charge in [-0.25, -0.2) is 0 Å². The summed E-state index contributed by atoms with van der Waals surface area (Å²) in [4.78, 5) is 6.38. The standard InChI is InChI=1S/C24H27N3OS/c1-18(2)21-11-9-19(10-12-21)16-27(17-20-6-5-13-25-15-20)24(29)26-22-7-4-8-23(14-22)28-3/h4-15,18H,16-17H2,1-3H3,(H,26,29). The zero-order valence-electron chi connectivity index (χ0n) is 17.1. The molecule has 1 aromatic heterocycles. The summed E-state index contributed by atoms with van der Waals surface area (Å²) in [5.74, 6) is 1.31. The summed E-state index contributed by atoms with van der Waals surface area (Å²) in [6.07, 6.45) is 3.66. The molecule has 3 aromatic rings. The van der Waals surface area contributed by atoms with Crippen molar-refractivity contribution in [2.24, 2.45) is 0 Å². The third-order valence-corrected chi connectivity index (χ3v) is 5.08. The number of thiocarbonyl (C=S) groups is 1. The Hall–Kier alpha value is -2.92. The predicted molar refractivity (Wildman–Crippen MR) is 123 cm³/mol. The van der Waals surface area contributed by atoms with E-state index in [9.17, 15) is 0 Å². The number of methoxy groups -OCH3 is 1. The number of pyridine rings is 1. The number of nitrogens with one attached hydrogen (secondary N) is 1. The number of nitrogens with zero attached hydrogens (tertiary/aromatic N) is 2. The quantitative estimate of drug-likeness (QED) is 0.517. The Bertz CT molecular complexity index is 926. The van der Waals surface area contributed by atoms with Crippen LogP contribution in [0.5, 0.6) is 5.75 Å². The van der Waals surface area contributed by atoms with E-state index in [4.69, 9.17) is 17.0 Å². The molecule has 0 fully saturated rings.